The Labute approximate surface area is 128 Å². The van der Waals surface area contributed by atoms with Gasteiger partial charge in [0, 0.05) is 13.1 Å². The van der Waals surface area contributed by atoms with E-state index in [4.69, 9.17) is 0 Å². The van der Waals surface area contributed by atoms with Gasteiger partial charge in [-0.05, 0) is 28.8 Å². The van der Waals surface area contributed by atoms with Gasteiger partial charge in [-0.3, -0.25) is 0 Å². The van der Waals surface area contributed by atoms with E-state index >= 15 is 0 Å². The van der Waals surface area contributed by atoms with Crippen LogP contribution >= 0.6 is 0 Å². The molecule has 0 aliphatic heterocycles. The van der Waals surface area contributed by atoms with Crippen LogP contribution in [0, 0.1) is 5.92 Å². The van der Waals surface area contributed by atoms with Crippen molar-refractivity contribution in [3.05, 3.63) is 48.0 Å². The first-order valence-corrected chi connectivity index (χ1v) is 8.03. The van der Waals surface area contributed by atoms with E-state index in [9.17, 15) is 5.11 Å². The van der Waals surface area contributed by atoms with Crippen LogP contribution in [0.3, 0.4) is 0 Å². The predicted octanol–water partition coefficient (Wildman–Crippen LogP) is 4.24. The second-order valence-corrected chi connectivity index (χ2v) is 5.95. The Morgan fingerprint density at radius 1 is 1.00 bits per heavy atom. The Kier molecular flexibility index (Phi) is 5.77. The van der Waals surface area contributed by atoms with Crippen molar-refractivity contribution in [3.63, 3.8) is 0 Å². The molecule has 0 spiro atoms. The summed E-state index contributed by atoms with van der Waals surface area (Å²) in [6, 6.07) is 14.5. The van der Waals surface area contributed by atoms with Gasteiger partial charge in [-0.25, -0.2) is 0 Å². The van der Waals surface area contributed by atoms with Crippen LogP contribution in [0.5, 0.6) is 0 Å². The van der Waals surface area contributed by atoms with Crippen LogP contribution in [0.15, 0.2) is 42.5 Å². The largest absolute Gasteiger partial charge is 0.387 e. The van der Waals surface area contributed by atoms with Crippen LogP contribution in [0.1, 0.15) is 38.9 Å². The van der Waals surface area contributed by atoms with Gasteiger partial charge < -0.3 is 10.0 Å². The fourth-order valence-electron chi connectivity index (χ4n) is 2.79. The first-order valence-electron chi connectivity index (χ1n) is 8.03. The smallest absolute Gasteiger partial charge is 0.0922 e. The second-order valence-electron chi connectivity index (χ2n) is 5.95. The highest BCUT2D eigenvalue weighted by Gasteiger charge is 2.16. The lowest BCUT2D eigenvalue weighted by Crippen LogP contribution is -2.32. The van der Waals surface area contributed by atoms with Gasteiger partial charge in [-0.1, -0.05) is 69.7 Å². The molecule has 0 radical (unpaired) electrons. The number of hydrogen-bond donors (Lipinski definition) is 1. The third-order valence-corrected chi connectivity index (χ3v) is 4.33. The van der Waals surface area contributed by atoms with E-state index in [-0.39, 0.29) is 0 Å². The van der Waals surface area contributed by atoms with E-state index < -0.39 is 6.10 Å². The van der Waals surface area contributed by atoms with Crippen molar-refractivity contribution >= 4 is 10.8 Å². The number of nitrogens with zero attached hydrogens (tertiary/aromatic N) is 1. The molecule has 2 atom stereocenters. The lowest BCUT2D eigenvalue weighted by atomic mass is 9.99. The third-order valence-electron chi connectivity index (χ3n) is 4.33. The topological polar surface area (TPSA) is 23.5 Å². The van der Waals surface area contributed by atoms with Crippen LogP contribution in [0.4, 0.5) is 0 Å². The Hall–Kier alpha value is -1.38. The molecule has 0 aliphatic rings. The molecule has 0 heterocycles. The van der Waals surface area contributed by atoms with E-state index in [0.717, 1.165) is 24.0 Å². The SMILES string of the molecule is CCC(C)CN(CC)CC(O)c1cccc2ccccc12. The van der Waals surface area contributed by atoms with Gasteiger partial charge in [0.25, 0.3) is 0 Å². The highest BCUT2D eigenvalue weighted by atomic mass is 16.3. The van der Waals surface area contributed by atoms with Gasteiger partial charge in [-0.2, -0.15) is 0 Å². The normalized spacial score (nSPS) is 14.5. The van der Waals surface area contributed by atoms with Crippen molar-refractivity contribution in [2.24, 2.45) is 5.92 Å². The molecule has 0 aromatic heterocycles. The summed E-state index contributed by atoms with van der Waals surface area (Å²) in [6.07, 6.45) is 0.751. The van der Waals surface area contributed by atoms with Gasteiger partial charge in [0.15, 0.2) is 0 Å². The molecule has 2 nitrogen and oxygen atoms in total. The van der Waals surface area contributed by atoms with E-state index in [1.807, 2.05) is 24.3 Å². The fraction of sp³-hybridized carbons (Fsp3) is 0.474. The summed E-state index contributed by atoms with van der Waals surface area (Å²) in [7, 11) is 0. The van der Waals surface area contributed by atoms with Crippen LogP contribution in [-0.4, -0.2) is 29.6 Å². The Balaban J connectivity index is 2.16. The monoisotopic (exact) mass is 285 g/mol. The zero-order chi connectivity index (χ0) is 15.2. The number of aliphatic hydroxyl groups is 1. The quantitative estimate of drug-likeness (QED) is 0.822. The number of benzene rings is 2. The zero-order valence-corrected chi connectivity index (χ0v) is 13.4. The van der Waals surface area contributed by atoms with Crippen molar-refractivity contribution in [3.8, 4) is 0 Å². The lowest BCUT2D eigenvalue weighted by Gasteiger charge is -2.26. The molecular formula is C19H27NO. The highest BCUT2D eigenvalue weighted by Crippen LogP contribution is 2.25. The molecule has 2 aromatic rings. The fourth-order valence-corrected chi connectivity index (χ4v) is 2.79. The summed E-state index contributed by atoms with van der Waals surface area (Å²) in [5.41, 5.74) is 1.04. The minimum Gasteiger partial charge on any atom is -0.387 e. The molecule has 0 bridgehead atoms. The maximum atomic E-state index is 10.7. The molecule has 21 heavy (non-hydrogen) atoms. The molecule has 1 N–H and O–H groups in total. The summed E-state index contributed by atoms with van der Waals surface area (Å²) in [5.74, 6) is 0.671. The average Bonchev–Trinajstić information content (AvgIpc) is 2.53. The minimum absolute atomic E-state index is 0.430. The van der Waals surface area contributed by atoms with E-state index in [1.165, 1.54) is 11.8 Å². The molecule has 0 fully saturated rings. The number of aliphatic hydroxyl groups excluding tert-OH is 1. The number of hydrogen-bond acceptors (Lipinski definition) is 2. The van der Waals surface area contributed by atoms with Crippen molar-refractivity contribution in [1.29, 1.82) is 0 Å². The van der Waals surface area contributed by atoms with Crippen molar-refractivity contribution in [2.45, 2.75) is 33.3 Å². The van der Waals surface area contributed by atoms with Gasteiger partial charge >= 0.3 is 0 Å². The molecule has 0 amide bonds. The lowest BCUT2D eigenvalue weighted by molar-refractivity contribution is 0.108. The molecule has 114 valence electrons. The Morgan fingerprint density at radius 2 is 1.71 bits per heavy atom. The van der Waals surface area contributed by atoms with Crippen LogP contribution < -0.4 is 0 Å². The van der Waals surface area contributed by atoms with Gasteiger partial charge in [0.2, 0.25) is 0 Å². The molecule has 2 unspecified atom stereocenters. The number of fused-ring (bicyclic) bond motifs is 1. The second kappa shape index (κ2) is 7.58. The first-order chi connectivity index (χ1) is 10.2. The minimum atomic E-state index is -0.430. The van der Waals surface area contributed by atoms with Crippen LogP contribution in [0.25, 0.3) is 10.8 Å². The van der Waals surface area contributed by atoms with Gasteiger partial charge in [0.05, 0.1) is 6.10 Å². The number of likely N-dealkylation sites (N-methyl/N-ethyl adjacent to an activating group) is 1. The predicted molar refractivity (Wildman–Crippen MR) is 90.5 cm³/mol. The first kappa shape index (κ1) is 16.0. The molecule has 2 aromatic carbocycles. The molecule has 0 saturated heterocycles. The average molecular weight is 285 g/mol. The third kappa shape index (κ3) is 4.05. The van der Waals surface area contributed by atoms with Crippen LogP contribution in [-0.2, 0) is 0 Å². The van der Waals surface area contributed by atoms with E-state index in [2.05, 4.69) is 43.9 Å². The molecule has 0 saturated carbocycles. The molecule has 0 aliphatic carbocycles. The Bertz CT molecular complexity index is 561. The van der Waals surface area contributed by atoms with Crippen LogP contribution in [0.2, 0.25) is 0 Å². The van der Waals surface area contributed by atoms with E-state index in [0.29, 0.717) is 12.5 Å². The summed E-state index contributed by atoms with van der Waals surface area (Å²) in [6.45, 7) is 9.39. The molecule has 2 rings (SSSR count). The summed E-state index contributed by atoms with van der Waals surface area (Å²) >= 11 is 0. The van der Waals surface area contributed by atoms with Crippen molar-refractivity contribution in [1.82, 2.24) is 4.90 Å². The van der Waals surface area contributed by atoms with E-state index in [1.54, 1.807) is 0 Å². The van der Waals surface area contributed by atoms with Gasteiger partial charge in [0.1, 0.15) is 0 Å². The highest BCUT2D eigenvalue weighted by molar-refractivity contribution is 5.85. The standard InChI is InChI=1S/C19H27NO/c1-4-15(3)13-20(5-2)14-19(21)18-12-8-10-16-9-6-7-11-17(16)18/h6-12,15,19,21H,4-5,13-14H2,1-3H3. The summed E-state index contributed by atoms with van der Waals surface area (Å²) in [4.78, 5) is 2.35. The maximum absolute atomic E-state index is 10.7. The maximum Gasteiger partial charge on any atom is 0.0922 e. The summed E-state index contributed by atoms with van der Waals surface area (Å²) < 4.78 is 0. The Morgan fingerprint density at radius 3 is 2.43 bits per heavy atom. The molecular weight excluding hydrogens is 258 g/mol. The summed E-state index contributed by atoms with van der Waals surface area (Å²) in [5, 5.41) is 13.0. The van der Waals surface area contributed by atoms with Gasteiger partial charge in [-0.15, -0.1) is 0 Å². The number of rotatable bonds is 7. The molecule has 2 heteroatoms. The zero-order valence-electron chi connectivity index (χ0n) is 13.4. The van der Waals surface area contributed by atoms with Crippen molar-refractivity contribution < 1.29 is 5.11 Å². The van der Waals surface area contributed by atoms with Crippen molar-refractivity contribution in [2.75, 3.05) is 19.6 Å².